The third-order valence-electron chi connectivity index (χ3n) is 2.71. The average molecular weight is 321 g/mol. The summed E-state index contributed by atoms with van der Waals surface area (Å²) in [4.78, 5) is 10.6. The smallest absolute Gasteiger partial charge is 0.207 e. The van der Waals surface area contributed by atoms with E-state index in [2.05, 4.69) is 5.32 Å². The van der Waals surface area contributed by atoms with E-state index in [0.29, 0.717) is 21.5 Å². The van der Waals surface area contributed by atoms with Crippen molar-refractivity contribution < 1.29 is 4.79 Å². The van der Waals surface area contributed by atoms with Crippen molar-refractivity contribution in [1.82, 2.24) is 5.32 Å². The van der Waals surface area contributed by atoms with Crippen LogP contribution in [0.2, 0.25) is 15.1 Å². The zero-order valence-electron chi connectivity index (χ0n) is 11.0. The van der Waals surface area contributed by atoms with Gasteiger partial charge >= 0.3 is 0 Å². The van der Waals surface area contributed by atoms with Gasteiger partial charge in [-0.2, -0.15) is 0 Å². The maximum atomic E-state index is 10.6. The number of hydrogen-bond acceptors (Lipinski definition) is 1. The maximum Gasteiger partial charge on any atom is 0.207 e. The van der Waals surface area contributed by atoms with E-state index in [4.69, 9.17) is 34.8 Å². The molecule has 1 aromatic carbocycles. The Kier molecular flexibility index (Phi) is 5.72. The zero-order valence-corrected chi connectivity index (χ0v) is 13.3. The highest BCUT2D eigenvalue weighted by Gasteiger charge is 2.21. The van der Waals surface area contributed by atoms with Crippen molar-refractivity contribution in [2.45, 2.75) is 26.8 Å². The van der Waals surface area contributed by atoms with Gasteiger partial charge in [0.15, 0.2) is 0 Å². The quantitative estimate of drug-likeness (QED) is 0.625. The van der Waals surface area contributed by atoms with Crippen molar-refractivity contribution in [1.29, 1.82) is 0 Å². The van der Waals surface area contributed by atoms with Gasteiger partial charge in [0.1, 0.15) is 0 Å². The van der Waals surface area contributed by atoms with Crippen LogP contribution in [-0.4, -0.2) is 12.5 Å². The Morgan fingerprint density at radius 1 is 1.16 bits per heavy atom. The highest BCUT2D eigenvalue weighted by molar-refractivity contribution is 6.48. The SMILES string of the molecule is CC(C)(C)[C@H](/C=C\c1ccc(Cl)c(Cl)c1Cl)NC=O. The summed E-state index contributed by atoms with van der Waals surface area (Å²) < 4.78 is 0. The first kappa shape index (κ1) is 16.4. The molecular formula is C14H16Cl3NO. The number of benzene rings is 1. The minimum atomic E-state index is -0.101. The van der Waals surface area contributed by atoms with Gasteiger partial charge in [-0.3, -0.25) is 4.79 Å². The molecule has 0 saturated carbocycles. The van der Waals surface area contributed by atoms with Gasteiger partial charge in [-0.1, -0.05) is 73.8 Å². The average Bonchev–Trinajstić information content (AvgIpc) is 2.32. The molecule has 104 valence electrons. The molecule has 0 aliphatic carbocycles. The van der Waals surface area contributed by atoms with Crippen LogP contribution in [0.1, 0.15) is 26.3 Å². The molecule has 5 heteroatoms. The number of amides is 1. The molecule has 0 spiro atoms. The van der Waals surface area contributed by atoms with Crippen LogP contribution in [0.15, 0.2) is 18.2 Å². The largest absolute Gasteiger partial charge is 0.352 e. The van der Waals surface area contributed by atoms with Crippen molar-refractivity contribution in [3.05, 3.63) is 38.8 Å². The Balaban J connectivity index is 3.03. The Labute approximate surface area is 128 Å². The Morgan fingerprint density at radius 3 is 2.32 bits per heavy atom. The number of rotatable bonds is 4. The first-order valence-electron chi connectivity index (χ1n) is 5.78. The normalized spacial score (nSPS) is 13.6. The molecule has 0 aromatic heterocycles. The summed E-state index contributed by atoms with van der Waals surface area (Å²) in [6, 6.07) is 3.37. The third-order valence-corrected chi connectivity index (χ3v) is 4.02. The number of hydrogen-bond donors (Lipinski definition) is 1. The molecular weight excluding hydrogens is 305 g/mol. The van der Waals surface area contributed by atoms with Crippen molar-refractivity contribution in [2.24, 2.45) is 5.41 Å². The van der Waals surface area contributed by atoms with Gasteiger partial charge in [0.25, 0.3) is 0 Å². The maximum absolute atomic E-state index is 10.6. The third kappa shape index (κ3) is 4.41. The second-order valence-electron chi connectivity index (χ2n) is 5.25. The molecule has 0 heterocycles. The van der Waals surface area contributed by atoms with Crippen molar-refractivity contribution in [3.8, 4) is 0 Å². The second kappa shape index (κ2) is 6.65. The summed E-state index contributed by atoms with van der Waals surface area (Å²) in [5.41, 5.74) is 0.665. The van der Waals surface area contributed by atoms with Gasteiger partial charge in [-0.15, -0.1) is 0 Å². The van der Waals surface area contributed by atoms with E-state index in [-0.39, 0.29) is 11.5 Å². The summed E-state index contributed by atoms with van der Waals surface area (Å²) in [6.45, 7) is 6.11. The van der Waals surface area contributed by atoms with Gasteiger partial charge in [0.2, 0.25) is 6.41 Å². The van der Waals surface area contributed by atoms with Gasteiger partial charge in [-0.25, -0.2) is 0 Å². The standard InChI is InChI=1S/C14H16Cl3NO/c1-14(2,3)11(18-8-19)7-5-9-4-6-10(15)13(17)12(9)16/h4-8,11H,1-3H3,(H,18,19)/b7-5-/t11-/m0/s1. The van der Waals surface area contributed by atoms with Crippen LogP contribution in [0.5, 0.6) is 0 Å². The molecule has 0 fully saturated rings. The van der Waals surface area contributed by atoms with E-state index in [9.17, 15) is 4.79 Å². The first-order valence-corrected chi connectivity index (χ1v) is 6.92. The number of carbonyl (C=O) groups excluding carboxylic acids is 1. The molecule has 0 aliphatic heterocycles. The fourth-order valence-electron chi connectivity index (χ4n) is 1.54. The van der Waals surface area contributed by atoms with E-state index in [1.165, 1.54) is 0 Å². The van der Waals surface area contributed by atoms with Crippen molar-refractivity contribution in [3.63, 3.8) is 0 Å². The lowest BCUT2D eigenvalue weighted by molar-refractivity contribution is -0.110. The lowest BCUT2D eigenvalue weighted by Gasteiger charge is -2.27. The van der Waals surface area contributed by atoms with Crippen LogP contribution < -0.4 is 5.32 Å². The molecule has 0 unspecified atom stereocenters. The topological polar surface area (TPSA) is 29.1 Å². The van der Waals surface area contributed by atoms with Crippen LogP contribution >= 0.6 is 34.8 Å². The summed E-state index contributed by atoms with van der Waals surface area (Å²) >= 11 is 18.0. The molecule has 1 N–H and O–H groups in total. The highest BCUT2D eigenvalue weighted by atomic mass is 35.5. The van der Waals surface area contributed by atoms with Gasteiger partial charge in [0.05, 0.1) is 21.1 Å². The molecule has 1 rings (SSSR count). The molecule has 1 aromatic rings. The molecule has 2 nitrogen and oxygen atoms in total. The van der Waals surface area contributed by atoms with Crippen LogP contribution in [-0.2, 0) is 4.79 Å². The molecule has 0 bridgehead atoms. The molecule has 19 heavy (non-hydrogen) atoms. The van der Waals surface area contributed by atoms with Gasteiger partial charge in [0, 0.05) is 0 Å². The molecule has 0 aliphatic rings. The van der Waals surface area contributed by atoms with Crippen molar-refractivity contribution in [2.75, 3.05) is 0 Å². The fourth-order valence-corrected chi connectivity index (χ4v) is 2.14. The summed E-state index contributed by atoms with van der Waals surface area (Å²) in [6.07, 6.45) is 4.41. The van der Waals surface area contributed by atoms with Crippen molar-refractivity contribution >= 4 is 47.3 Å². The van der Waals surface area contributed by atoms with Crippen LogP contribution in [0.25, 0.3) is 6.08 Å². The summed E-state index contributed by atoms with van der Waals surface area (Å²) in [5.74, 6) is 0. The van der Waals surface area contributed by atoms with Crippen LogP contribution in [0.4, 0.5) is 0 Å². The zero-order chi connectivity index (χ0) is 14.6. The number of carbonyl (C=O) groups is 1. The second-order valence-corrected chi connectivity index (χ2v) is 6.42. The monoisotopic (exact) mass is 319 g/mol. The predicted octanol–water partition coefficient (Wildman–Crippen LogP) is 4.82. The lowest BCUT2D eigenvalue weighted by Crippen LogP contribution is -2.37. The van der Waals surface area contributed by atoms with E-state index in [0.717, 1.165) is 5.56 Å². The first-order chi connectivity index (χ1) is 8.77. The van der Waals surface area contributed by atoms with E-state index < -0.39 is 0 Å². The highest BCUT2D eigenvalue weighted by Crippen LogP contribution is 2.33. The number of nitrogens with one attached hydrogen (secondary N) is 1. The molecule has 0 saturated heterocycles. The fraction of sp³-hybridized carbons (Fsp3) is 0.357. The number of halogens is 3. The molecule has 1 amide bonds. The summed E-state index contributed by atoms with van der Waals surface area (Å²) in [5, 5.41) is 3.93. The predicted molar refractivity (Wildman–Crippen MR) is 82.9 cm³/mol. The summed E-state index contributed by atoms with van der Waals surface area (Å²) in [7, 11) is 0. The lowest BCUT2D eigenvalue weighted by atomic mass is 9.86. The van der Waals surface area contributed by atoms with E-state index in [1.54, 1.807) is 12.1 Å². The van der Waals surface area contributed by atoms with Crippen LogP contribution in [0.3, 0.4) is 0 Å². The minimum Gasteiger partial charge on any atom is -0.352 e. The van der Waals surface area contributed by atoms with Gasteiger partial charge < -0.3 is 5.32 Å². The van der Waals surface area contributed by atoms with E-state index in [1.807, 2.05) is 32.9 Å². The Bertz CT molecular complexity index is 492. The Hall–Kier alpha value is -0.700. The van der Waals surface area contributed by atoms with Crippen LogP contribution in [0, 0.1) is 5.41 Å². The molecule has 0 radical (unpaired) electrons. The van der Waals surface area contributed by atoms with Gasteiger partial charge in [-0.05, 0) is 17.0 Å². The Morgan fingerprint density at radius 2 is 1.79 bits per heavy atom. The van der Waals surface area contributed by atoms with E-state index >= 15 is 0 Å². The minimum absolute atomic E-state index is 0.0971. The molecule has 1 atom stereocenters.